The molecule has 114 valence electrons. The maximum absolute atomic E-state index is 11.8. The normalized spacial score (nSPS) is 17.2. The molecule has 0 aromatic heterocycles. The van der Waals surface area contributed by atoms with Crippen LogP contribution in [-0.2, 0) is 14.3 Å². The summed E-state index contributed by atoms with van der Waals surface area (Å²) in [6.07, 6.45) is -0.671. The fourth-order valence-corrected chi connectivity index (χ4v) is 2.04. The minimum Gasteiger partial charge on any atom is -0.466 e. The van der Waals surface area contributed by atoms with Crippen LogP contribution in [0.25, 0.3) is 0 Å². The van der Waals surface area contributed by atoms with Gasteiger partial charge in [-0.3, -0.25) is 4.79 Å². The van der Waals surface area contributed by atoms with Crippen LogP contribution in [0.5, 0.6) is 0 Å². The highest BCUT2D eigenvalue weighted by molar-refractivity contribution is 6.47. The molecule has 0 aromatic carbocycles. The van der Waals surface area contributed by atoms with Crippen LogP contribution in [0.1, 0.15) is 34.1 Å². The van der Waals surface area contributed by atoms with Gasteiger partial charge in [-0.05, 0) is 27.7 Å². The lowest BCUT2D eigenvalue weighted by atomic mass is 9.52. The summed E-state index contributed by atoms with van der Waals surface area (Å²) in [5.41, 5.74) is -0.617. The molecule has 1 aliphatic heterocycles. The van der Waals surface area contributed by atoms with Gasteiger partial charge in [-0.25, -0.2) is 4.79 Å². The van der Waals surface area contributed by atoms with E-state index >= 15 is 0 Å². The van der Waals surface area contributed by atoms with E-state index in [9.17, 15) is 19.6 Å². The van der Waals surface area contributed by atoms with E-state index in [-0.39, 0.29) is 26.1 Å². The first-order valence-electron chi connectivity index (χ1n) is 6.59. The summed E-state index contributed by atoms with van der Waals surface area (Å²) in [6.45, 7) is 7.25. The fraction of sp³-hybridized carbons (Fsp3) is 0.833. The summed E-state index contributed by atoms with van der Waals surface area (Å²) in [4.78, 5) is 24.6. The quantitative estimate of drug-likeness (QED) is 0.574. The molecule has 0 aliphatic carbocycles. The third-order valence-corrected chi connectivity index (χ3v) is 3.01. The van der Waals surface area contributed by atoms with Crippen molar-refractivity contribution >= 4 is 19.2 Å². The molecule has 1 heterocycles. The van der Waals surface area contributed by atoms with Gasteiger partial charge in [-0.1, -0.05) is 0 Å². The van der Waals surface area contributed by atoms with E-state index < -0.39 is 30.1 Å². The fourth-order valence-electron chi connectivity index (χ4n) is 2.04. The molecule has 0 bridgehead atoms. The van der Waals surface area contributed by atoms with E-state index in [1.807, 2.05) is 0 Å². The average molecular weight is 287 g/mol. The lowest BCUT2D eigenvalue weighted by molar-refractivity contribution is -0.145. The molecule has 1 aliphatic rings. The van der Waals surface area contributed by atoms with Crippen molar-refractivity contribution in [3.8, 4) is 0 Å². The van der Waals surface area contributed by atoms with Gasteiger partial charge >= 0.3 is 19.2 Å². The molecule has 1 amide bonds. The van der Waals surface area contributed by atoms with Gasteiger partial charge in [0.25, 0.3) is 0 Å². The van der Waals surface area contributed by atoms with Gasteiger partial charge in [0.05, 0.1) is 18.3 Å². The summed E-state index contributed by atoms with van der Waals surface area (Å²) < 4.78 is 9.98. The second kappa shape index (κ2) is 6.01. The molecule has 0 saturated carbocycles. The van der Waals surface area contributed by atoms with Crippen molar-refractivity contribution in [1.82, 2.24) is 4.90 Å². The number of nitrogens with zero attached hydrogens (tertiary/aromatic N) is 1. The van der Waals surface area contributed by atoms with E-state index in [1.54, 1.807) is 27.7 Å². The first kappa shape index (κ1) is 16.8. The first-order valence-corrected chi connectivity index (χ1v) is 6.59. The number of ether oxygens (including phenoxy) is 2. The molecule has 0 spiro atoms. The maximum atomic E-state index is 11.8. The Hall–Kier alpha value is -1.28. The van der Waals surface area contributed by atoms with Crippen molar-refractivity contribution in [2.24, 2.45) is 0 Å². The predicted octanol–water partition coefficient (Wildman–Crippen LogP) is 0.403. The summed E-state index contributed by atoms with van der Waals surface area (Å²) in [5.74, 6) is -0.510. The topological polar surface area (TPSA) is 96.3 Å². The van der Waals surface area contributed by atoms with Crippen LogP contribution < -0.4 is 0 Å². The Balaban J connectivity index is 2.59. The molecule has 2 N–H and O–H groups in total. The molecule has 20 heavy (non-hydrogen) atoms. The molecular formula is C12H22BNO6. The van der Waals surface area contributed by atoms with Crippen molar-refractivity contribution in [2.45, 2.75) is 45.0 Å². The number of hydrogen-bond donors (Lipinski definition) is 2. The summed E-state index contributed by atoms with van der Waals surface area (Å²) >= 11 is 0. The number of hydrogen-bond acceptors (Lipinski definition) is 6. The smallest absolute Gasteiger partial charge is 0.462 e. The molecule has 1 saturated heterocycles. The van der Waals surface area contributed by atoms with Crippen LogP contribution in [0.15, 0.2) is 0 Å². The monoisotopic (exact) mass is 287 g/mol. The second-order valence-electron chi connectivity index (χ2n) is 6.05. The van der Waals surface area contributed by atoms with Crippen molar-refractivity contribution < 1.29 is 29.1 Å². The van der Waals surface area contributed by atoms with E-state index in [0.29, 0.717) is 0 Å². The maximum Gasteiger partial charge on any atom is 0.462 e. The van der Waals surface area contributed by atoms with E-state index in [4.69, 9.17) is 9.47 Å². The summed E-state index contributed by atoms with van der Waals surface area (Å²) in [5, 5.41) is 17.8. The lowest BCUT2D eigenvalue weighted by Crippen LogP contribution is -2.61. The zero-order valence-electron chi connectivity index (χ0n) is 12.4. The molecule has 1 fully saturated rings. The number of amides is 1. The summed E-state index contributed by atoms with van der Waals surface area (Å²) in [6, 6.07) is 0. The predicted molar refractivity (Wildman–Crippen MR) is 71.9 cm³/mol. The third-order valence-electron chi connectivity index (χ3n) is 3.01. The van der Waals surface area contributed by atoms with Gasteiger partial charge in [-0.2, -0.15) is 0 Å². The highest BCUT2D eigenvalue weighted by Gasteiger charge is 2.55. The van der Waals surface area contributed by atoms with E-state index in [0.717, 1.165) is 0 Å². The Labute approximate surface area is 119 Å². The van der Waals surface area contributed by atoms with Crippen LogP contribution in [0.3, 0.4) is 0 Å². The van der Waals surface area contributed by atoms with Crippen molar-refractivity contribution in [3.05, 3.63) is 0 Å². The Morgan fingerprint density at radius 3 is 2.25 bits per heavy atom. The van der Waals surface area contributed by atoms with E-state index in [1.165, 1.54) is 4.90 Å². The third kappa shape index (κ3) is 4.11. The van der Waals surface area contributed by atoms with Crippen molar-refractivity contribution in [1.29, 1.82) is 0 Å². The molecule has 0 radical (unpaired) electrons. The Morgan fingerprint density at radius 1 is 1.30 bits per heavy atom. The molecule has 0 atom stereocenters. The van der Waals surface area contributed by atoms with Crippen LogP contribution in [0, 0.1) is 0 Å². The molecular weight excluding hydrogens is 265 g/mol. The minimum atomic E-state index is -1.69. The SMILES string of the molecule is CCOC(=O)CC1(B(O)O)CN(C(=O)OC(C)(C)C)C1. The molecule has 7 nitrogen and oxygen atoms in total. The largest absolute Gasteiger partial charge is 0.466 e. The van der Waals surface area contributed by atoms with Gasteiger partial charge in [0.1, 0.15) is 5.60 Å². The lowest BCUT2D eigenvalue weighted by Gasteiger charge is -2.48. The second-order valence-corrected chi connectivity index (χ2v) is 6.05. The van der Waals surface area contributed by atoms with Crippen LogP contribution >= 0.6 is 0 Å². The van der Waals surface area contributed by atoms with Crippen LogP contribution in [-0.4, -0.2) is 59.4 Å². The first-order chi connectivity index (χ1) is 9.09. The van der Waals surface area contributed by atoms with Crippen molar-refractivity contribution in [3.63, 3.8) is 0 Å². The molecule has 8 heteroatoms. The van der Waals surface area contributed by atoms with Crippen LogP contribution in [0.4, 0.5) is 4.79 Å². The number of rotatable bonds is 4. The number of carbonyl (C=O) groups excluding carboxylic acids is 2. The van der Waals surface area contributed by atoms with E-state index in [2.05, 4.69) is 0 Å². The highest BCUT2D eigenvalue weighted by Crippen LogP contribution is 2.43. The Bertz CT molecular complexity index is 373. The minimum absolute atomic E-state index is 0.0540. The average Bonchev–Trinajstić information content (AvgIpc) is 2.19. The molecule has 0 aromatic rings. The number of esters is 1. The van der Waals surface area contributed by atoms with Gasteiger partial charge in [0, 0.05) is 13.1 Å². The van der Waals surface area contributed by atoms with Gasteiger partial charge < -0.3 is 24.4 Å². The molecule has 1 rings (SSSR count). The standard InChI is InChI=1S/C12H22BNO6/c1-5-19-9(15)6-12(13(17)18)7-14(8-12)10(16)20-11(2,3)4/h17-18H,5-8H2,1-4H3. The number of carbonyl (C=O) groups is 2. The Kier molecular flexibility index (Phi) is 5.04. The van der Waals surface area contributed by atoms with Gasteiger partial charge in [-0.15, -0.1) is 0 Å². The van der Waals surface area contributed by atoms with Gasteiger partial charge in [0.2, 0.25) is 0 Å². The van der Waals surface area contributed by atoms with Crippen LogP contribution in [0.2, 0.25) is 5.31 Å². The van der Waals surface area contributed by atoms with Crippen molar-refractivity contribution in [2.75, 3.05) is 19.7 Å². The summed E-state index contributed by atoms with van der Waals surface area (Å²) in [7, 11) is -1.69. The van der Waals surface area contributed by atoms with Gasteiger partial charge in [0.15, 0.2) is 0 Å². The molecule has 0 unspecified atom stereocenters. The number of likely N-dealkylation sites (tertiary alicyclic amines) is 1. The zero-order valence-corrected chi connectivity index (χ0v) is 12.4. The zero-order chi connectivity index (χ0) is 15.6. The highest BCUT2D eigenvalue weighted by atomic mass is 16.6. The Morgan fingerprint density at radius 2 is 1.85 bits per heavy atom.